The van der Waals surface area contributed by atoms with Crippen LogP contribution in [0.15, 0.2) is 47.6 Å². The quantitative estimate of drug-likeness (QED) is 0.407. The molecule has 9 heteroatoms. The minimum atomic E-state index is -0.0949. The molecule has 0 atom stereocenters. The number of nitrogens with zero attached hydrogens (tertiary/aromatic N) is 4. The molecule has 0 unspecified atom stereocenters. The molecule has 1 aliphatic heterocycles. The maximum Gasteiger partial charge on any atom is 0.253 e. The first-order chi connectivity index (χ1) is 16.5. The maximum absolute atomic E-state index is 12.4. The number of ether oxygens (including phenoxy) is 2. The summed E-state index contributed by atoms with van der Waals surface area (Å²) in [6, 6.07) is 14.1. The molecular weight excluding hydrogens is 450 g/mol. The van der Waals surface area contributed by atoms with Gasteiger partial charge < -0.3 is 14.8 Å². The van der Waals surface area contributed by atoms with Crippen LogP contribution in [0.1, 0.15) is 33.6 Å². The van der Waals surface area contributed by atoms with Gasteiger partial charge in [-0.15, -0.1) is 5.10 Å². The fourth-order valence-corrected chi connectivity index (χ4v) is 4.61. The number of fused-ring (bicyclic) bond motifs is 2. The van der Waals surface area contributed by atoms with E-state index in [2.05, 4.69) is 51.6 Å². The number of aromatic nitrogens is 4. The van der Waals surface area contributed by atoms with Crippen LogP contribution in [0.25, 0.3) is 5.78 Å². The lowest BCUT2D eigenvalue weighted by Gasteiger charge is -2.10. The van der Waals surface area contributed by atoms with Gasteiger partial charge in [0.15, 0.2) is 11.5 Å². The van der Waals surface area contributed by atoms with E-state index in [4.69, 9.17) is 9.47 Å². The van der Waals surface area contributed by atoms with Crippen molar-refractivity contribution in [1.29, 1.82) is 0 Å². The molecule has 2 aromatic heterocycles. The zero-order chi connectivity index (χ0) is 23.7. The summed E-state index contributed by atoms with van der Waals surface area (Å²) >= 11 is 1.30. The maximum atomic E-state index is 12.4. The highest BCUT2D eigenvalue weighted by Gasteiger charge is 2.16. The fourth-order valence-electron chi connectivity index (χ4n) is 3.97. The Hall–Kier alpha value is -3.59. The Bertz CT molecular complexity index is 1380. The number of benzene rings is 2. The number of hydrogen-bond donors (Lipinski definition) is 1. The molecule has 1 N–H and O–H groups in total. The molecule has 34 heavy (non-hydrogen) atoms. The van der Waals surface area contributed by atoms with Crippen LogP contribution >= 0.6 is 11.8 Å². The van der Waals surface area contributed by atoms with Gasteiger partial charge in [-0.25, -0.2) is 9.50 Å². The van der Waals surface area contributed by atoms with Gasteiger partial charge in [-0.3, -0.25) is 4.79 Å². The molecule has 0 radical (unpaired) electrons. The largest absolute Gasteiger partial charge is 0.454 e. The van der Waals surface area contributed by atoms with Crippen LogP contribution in [0.2, 0.25) is 0 Å². The third-order valence-corrected chi connectivity index (χ3v) is 6.59. The Morgan fingerprint density at radius 3 is 2.76 bits per heavy atom. The summed E-state index contributed by atoms with van der Waals surface area (Å²) in [4.78, 5) is 21.6. The van der Waals surface area contributed by atoms with Gasteiger partial charge in [0, 0.05) is 24.4 Å². The van der Waals surface area contributed by atoms with Gasteiger partial charge in [0.2, 0.25) is 17.9 Å². The number of rotatable bonds is 7. The molecular formula is C25H25N5O3S. The fraction of sp³-hybridized carbons (Fsp3) is 0.280. The van der Waals surface area contributed by atoms with Gasteiger partial charge in [0.1, 0.15) is 0 Å². The van der Waals surface area contributed by atoms with Crippen molar-refractivity contribution < 1.29 is 14.3 Å². The van der Waals surface area contributed by atoms with Crippen LogP contribution in [0.3, 0.4) is 0 Å². The number of nitrogens with one attached hydrogen (secondary N) is 1. The Balaban J connectivity index is 1.23. The first kappa shape index (κ1) is 22.2. The Morgan fingerprint density at radius 1 is 1.06 bits per heavy atom. The molecule has 0 fully saturated rings. The summed E-state index contributed by atoms with van der Waals surface area (Å²) in [5, 5.41) is 8.05. The molecule has 174 valence electrons. The molecule has 0 spiro atoms. The van der Waals surface area contributed by atoms with Gasteiger partial charge in [-0.2, -0.15) is 4.98 Å². The first-order valence-corrected chi connectivity index (χ1v) is 12.0. The van der Waals surface area contributed by atoms with Crippen LogP contribution < -0.4 is 14.8 Å². The highest BCUT2D eigenvalue weighted by atomic mass is 32.2. The van der Waals surface area contributed by atoms with E-state index in [0.717, 1.165) is 34.7 Å². The van der Waals surface area contributed by atoms with E-state index >= 15 is 0 Å². The number of thioether (sulfide) groups is 1. The van der Waals surface area contributed by atoms with Crippen molar-refractivity contribution in [3.8, 4) is 11.5 Å². The van der Waals surface area contributed by atoms with E-state index in [9.17, 15) is 4.79 Å². The molecule has 1 amide bonds. The second kappa shape index (κ2) is 9.34. The van der Waals surface area contributed by atoms with Crippen molar-refractivity contribution >= 4 is 23.4 Å². The Morgan fingerprint density at radius 2 is 1.91 bits per heavy atom. The normalized spacial score (nSPS) is 12.3. The molecule has 0 saturated carbocycles. The van der Waals surface area contributed by atoms with Gasteiger partial charge in [-0.05, 0) is 49.6 Å². The van der Waals surface area contributed by atoms with Gasteiger partial charge in [0.05, 0.1) is 5.75 Å². The number of amides is 1. The van der Waals surface area contributed by atoms with Crippen LogP contribution in [-0.2, 0) is 17.8 Å². The average Bonchev–Trinajstić information content (AvgIpc) is 3.45. The van der Waals surface area contributed by atoms with Crippen LogP contribution in [0.4, 0.5) is 0 Å². The van der Waals surface area contributed by atoms with Crippen LogP contribution in [0.5, 0.6) is 11.5 Å². The summed E-state index contributed by atoms with van der Waals surface area (Å²) in [5.74, 6) is 2.10. The predicted molar refractivity (Wildman–Crippen MR) is 129 cm³/mol. The SMILES string of the molecule is Cc1cccc(Cc2c(C)nc3nc(SCC(=O)NCc4ccc5c(c4)OCO5)nn3c2C)c1. The summed E-state index contributed by atoms with van der Waals surface area (Å²) < 4.78 is 12.5. The molecule has 0 bridgehead atoms. The van der Waals surface area contributed by atoms with Crippen molar-refractivity contribution in [2.45, 2.75) is 38.9 Å². The standard InChI is InChI=1S/C25H25N5O3S/c1-15-5-4-6-18(9-15)10-20-16(2)27-24-28-25(29-30(24)17(20)3)34-13-23(31)26-12-19-7-8-21-22(11-19)33-14-32-21/h4-9,11H,10,12-14H2,1-3H3,(H,26,31). The van der Waals surface area contributed by atoms with E-state index in [-0.39, 0.29) is 18.5 Å². The third kappa shape index (κ3) is 4.70. The van der Waals surface area contributed by atoms with E-state index in [1.807, 2.05) is 32.0 Å². The van der Waals surface area contributed by atoms with Crippen molar-refractivity contribution in [2.24, 2.45) is 0 Å². The molecule has 0 aliphatic carbocycles. The highest BCUT2D eigenvalue weighted by molar-refractivity contribution is 7.99. The van der Waals surface area contributed by atoms with E-state index in [0.29, 0.717) is 23.2 Å². The summed E-state index contributed by atoms with van der Waals surface area (Å²) in [5.41, 5.74) is 6.51. The molecule has 3 heterocycles. The Kier molecular flexibility index (Phi) is 6.10. The topological polar surface area (TPSA) is 90.6 Å². The predicted octanol–water partition coefficient (Wildman–Crippen LogP) is 3.78. The van der Waals surface area contributed by atoms with E-state index < -0.39 is 0 Å². The third-order valence-electron chi connectivity index (χ3n) is 5.75. The minimum absolute atomic E-state index is 0.0949. The molecule has 1 aliphatic rings. The highest BCUT2D eigenvalue weighted by Crippen LogP contribution is 2.32. The lowest BCUT2D eigenvalue weighted by atomic mass is 10.0. The molecule has 0 saturated heterocycles. The number of carbonyl (C=O) groups is 1. The average molecular weight is 476 g/mol. The first-order valence-electron chi connectivity index (χ1n) is 11.0. The van der Waals surface area contributed by atoms with Crippen LogP contribution in [0, 0.1) is 20.8 Å². The summed E-state index contributed by atoms with van der Waals surface area (Å²) in [6.45, 7) is 6.78. The van der Waals surface area contributed by atoms with Crippen molar-refractivity contribution in [3.05, 3.63) is 76.1 Å². The second-order valence-corrected chi connectivity index (χ2v) is 9.23. The van der Waals surface area contributed by atoms with Crippen molar-refractivity contribution in [3.63, 3.8) is 0 Å². The van der Waals surface area contributed by atoms with Crippen LogP contribution in [-0.4, -0.2) is 38.0 Å². The van der Waals surface area contributed by atoms with E-state index in [1.54, 1.807) is 4.52 Å². The zero-order valence-electron chi connectivity index (χ0n) is 19.3. The van der Waals surface area contributed by atoms with Crippen molar-refractivity contribution in [1.82, 2.24) is 24.9 Å². The monoisotopic (exact) mass is 475 g/mol. The minimum Gasteiger partial charge on any atom is -0.454 e. The molecule has 5 rings (SSSR count). The number of aryl methyl sites for hydroxylation is 3. The van der Waals surface area contributed by atoms with E-state index in [1.165, 1.54) is 22.9 Å². The zero-order valence-corrected chi connectivity index (χ0v) is 20.1. The summed E-state index contributed by atoms with van der Waals surface area (Å²) in [7, 11) is 0. The smallest absolute Gasteiger partial charge is 0.253 e. The lowest BCUT2D eigenvalue weighted by molar-refractivity contribution is -0.118. The molecule has 4 aromatic rings. The molecule has 8 nitrogen and oxygen atoms in total. The summed E-state index contributed by atoms with van der Waals surface area (Å²) in [6.07, 6.45) is 0.785. The van der Waals surface area contributed by atoms with Gasteiger partial charge in [-0.1, -0.05) is 47.7 Å². The van der Waals surface area contributed by atoms with Gasteiger partial charge >= 0.3 is 0 Å². The lowest BCUT2D eigenvalue weighted by Crippen LogP contribution is -2.24. The molecule has 2 aromatic carbocycles. The van der Waals surface area contributed by atoms with Gasteiger partial charge in [0.25, 0.3) is 5.78 Å². The number of carbonyl (C=O) groups excluding carboxylic acids is 1. The Labute approximate surface area is 201 Å². The number of hydrogen-bond acceptors (Lipinski definition) is 7. The second-order valence-electron chi connectivity index (χ2n) is 8.29. The van der Waals surface area contributed by atoms with Crippen molar-refractivity contribution in [2.75, 3.05) is 12.5 Å².